The van der Waals surface area contributed by atoms with Crippen LogP contribution in [-0.2, 0) is 29.2 Å². The molecule has 2 aromatic carbocycles. The minimum atomic E-state index is -0.152. The van der Waals surface area contributed by atoms with Gasteiger partial charge in [0.2, 0.25) is 11.8 Å². The topological polar surface area (TPSA) is 78.0 Å². The molecule has 0 bridgehead atoms. The van der Waals surface area contributed by atoms with Crippen molar-refractivity contribution < 1.29 is 14.3 Å². The van der Waals surface area contributed by atoms with Crippen LogP contribution >= 0.6 is 0 Å². The molecule has 0 aliphatic carbocycles. The summed E-state index contributed by atoms with van der Waals surface area (Å²) in [6, 6.07) is 20.5. The average molecular weight is 474 g/mol. The third kappa shape index (κ3) is 6.29. The van der Waals surface area contributed by atoms with E-state index in [1.165, 1.54) is 10.5 Å². The largest absolute Gasteiger partial charge is 0.497 e. The number of anilines is 2. The van der Waals surface area contributed by atoms with Gasteiger partial charge in [0.15, 0.2) is 0 Å². The van der Waals surface area contributed by atoms with Crippen LogP contribution in [0.4, 0.5) is 11.4 Å². The summed E-state index contributed by atoms with van der Waals surface area (Å²) < 4.78 is 5.42. The van der Waals surface area contributed by atoms with E-state index in [2.05, 4.69) is 50.4 Å². The quantitative estimate of drug-likeness (QED) is 0.515. The molecule has 1 saturated heterocycles. The monoisotopic (exact) mass is 473 g/mol. The maximum absolute atomic E-state index is 12.2. The van der Waals surface area contributed by atoms with Crippen molar-refractivity contribution in [3.8, 4) is 5.75 Å². The average Bonchev–Trinajstić information content (AvgIpc) is 2.86. The highest BCUT2D eigenvalue weighted by atomic mass is 16.5. The smallest absolute Gasteiger partial charge is 0.242 e. The number of piperazine rings is 1. The van der Waals surface area contributed by atoms with Crippen molar-refractivity contribution in [3.63, 3.8) is 0 Å². The van der Waals surface area contributed by atoms with Crippen LogP contribution in [0.5, 0.6) is 5.75 Å². The third-order valence-corrected chi connectivity index (χ3v) is 5.95. The van der Waals surface area contributed by atoms with Gasteiger partial charge in [0.1, 0.15) is 5.75 Å². The number of nitrogens with zero attached hydrogens (tertiary/aromatic N) is 4. The highest BCUT2D eigenvalue weighted by Gasteiger charge is 2.23. The predicted octanol–water partition coefficient (Wildman–Crippen LogP) is 2.82. The lowest BCUT2D eigenvalue weighted by Crippen LogP contribution is -2.51. The van der Waals surface area contributed by atoms with E-state index in [9.17, 15) is 9.59 Å². The van der Waals surface area contributed by atoms with Crippen molar-refractivity contribution in [2.75, 3.05) is 44.1 Å². The highest BCUT2D eigenvalue weighted by molar-refractivity contribution is 5.92. The number of benzene rings is 2. The molecule has 0 saturated carbocycles. The Morgan fingerprint density at radius 2 is 1.71 bits per heavy atom. The van der Waals surface area contributed by atoms with Gasteiger partial charge in [0.25, 0.3) is 0 Å². The first-order valence-corrected chi connectivity index (χ1v) is 11.5. The van der Waals surface area contributed by atoms with Gasteiger partial charge in [-0.15, -0.1) is 0 Å². The Labute approximate surface area is 206 Å². The molecule has 0 spiro atoms. The number of nitrogens with one attached hydrogen (secondary N) is 1. The van der Waals surface area contributed by atoms with Crippen LogP contribution in [0.1, 0.15) is 16.8 Å². The molecule has 1 aromatic heterocycles. The van der Waals surface area contributed by atoms with Gasteiger partial charge in [-0.25, -0.2) is 0 Å². The number of pyridine rings is 1. The lowest BCUT2D eigenvalue weighted by atomic mass is 10.1. The van der Waals surface area contributed by atoms with Crippen LogP contribution < -0.4 is 19.9 Å². The van der Waals surface area contributed by atoms with Crippen LogP contribution in [0.15, 0.2) is 66.9 Å². The summed E-state index contributed by atoms with van der Waals surface area (Å²) in [6.45, 7) is 1.73. The van der Waals surface area contributed by atoms with Crippen molar-refractivity contribution in [1.29, 1.82) is 0 Å². The number of rotatable bonds is 9. The molecule has 1 fully saturated rings. The van der Waals surface area contributed by atoms with Gasteiger partial charge >= 0.3 is 0 Å². The molecule has 8 heteroatoms. The number of methoxy groups -OCH3 is 1. The third-order valence-electron chi connectivity index (χ3n) is 5.95. The first-order chi connectivity index (χ1) is 16.9. The molecule has 182 valence electrons. The van der Waals surface area contributed by atoms with E-state index in [0.29, 0.717) is 19.6 Å². The number of amides is 2. The molecule has 35 heavy (non-hydrogen) atoms. The van der Waals surface area contributed by atoms with Crippen molar-refractivity contribution >= 4 is 23.2 Å². The number of ether oxygens (including phenoxy) is 1. The lowest BCUT2D eigenvalue weighted by Gasteiger charge is -2.28. The first-order valence-electron chi connectivity index (χ1n) is 11.5. The summed E-state index contributed by atoms with van der Waals surface area (Å²) in [5, 5.41) is 2.58. The minimum Gasteiger partial charge on any atom is -0.497 e. The molecule has 8 nitrogen and oxygen atoms in total. The fraction of sp³-hybridized carbons (Fsp3) is 0.296. The van der Waals surface area contributed by atoms with Crippen LogP contribution in [-0.4, -0.2) is 56.0 Å². The number of hydrogen-bond donors (Lipinski definition) is 1. The predicted molar refractivity (Wildman–Crippen MR) is 136 cm³/mol. The van der Waals surface area contributed by atoms with Gasteiger partial charge in [-0.1, -0.05) is 24.3 Å². The van der Waals surface area contributed by atoms with E-state index in [0.717, 1.165) is 28.4 Å². The lowest BCUT2D eigenvalue weighted by molar-refractivity contribution is -0.141. The van der Waals surface area contributed by atoms with Crippen molar-refractivity contribution in [3.05, 3.63) is 83.7 Å². The molecule has 0 radical (unpaired) electrons. The molecule has 1 aliphatic heterocycles. The van der Waals surface area contributed by atoms with Gasteiger partial charge in [0, 0.05) is 44.8 Å². The highest BCUT2D eigenvalue weighted by Crippen LogP contribution is 2.24. The van der Waals surface area contributed by atoms with E-state index < -0.39 is 0 Å². The molecular formula is C27H31N5O3. The Kier molecular flexibility index (Phi) is 7.50. The van der Waals surface area contributed by atoms with Crippen LogP contribution in [0.3, 0.4) is 0 Å². The molecule has 4 rings (SSSR count). The fourth-order valence-electron chi connectivity index (χ4n) is 4.07. The Morgan fingerprint density at radius 3 is 2.46 bits per heavy atom. The molecule has 1 N–H and O–H groups in total. The van der Waals surface area contributed by atoms with Gasteiger partial charge in [-0.05, 0) is 47.5 Å². The minimum absolute atomic E-state index is 0.0305. The van der Waals surface area contributed by atoms with Crippen molar-refractivity contribution in [2.45, 2.75) is 19.6 Å². The normalized spacial score (nSPS) is 13.4. The summed E-state index contributed by atoms with van der Waals surface area (Å²) in [4.78, 5) is 34.4. The van der Waals surface area contributed by atoms with Crippen LogP contribution in [0.25, 0.3) is 0 Å². The zero-order chi connectivity index (χ0) is 24.8. The molecule has 0 unspecified atom stereocenters. The standard InChI is InChI=1S/C27H31N5O3/c1-30(2)23-8-4-6-20(12-23)16-31(17-21-7-5-9-25(13-21)35-3)24-10-11-28-22(14-24)18-32-19-26(33)29-15-27(32)34/h4-14H,15-19H2,1-3H3,(H,29,33). The maximum atomic E-state index is 12.2. The Hall–Kier alpha value is -4.07. The zero-order valence-corrected chi connectivity index (χ0v) is 20.4. The number of aromatic nitrogens is 1. The van der Waals surface area contributed by atoms with Crippen molar-refractivity contribution in [2.24, 2.45) is 0 Å². The molecule has 3 aromatic rings. The summed E-state index contributed by atoms with van der Waals surface area (Å²) in [5.74, 6) is 0.557. The zero-order valence-electron chi connectivity index (χ0n) is 20.4. The van der Waals surface area contributed by atoms with Crippen LogP contribution in [0, 0.1) is 0 Å². The van der Waals surface area contributed by atoms with Gasteiger partial charge in [-0.2, -0.15) is 0 Å². The fourth-order valence-corrected chi connectivity index (χ4v) is 4.07. The Bertz CT molecular complexity index is 1200. The Morgan fingerprint density at radius 1 is 0.971 bits per heavy atom. The van der Waals surface area contributed by atoms with E-state index in [1.54, 1.807) is 13.3 Å². The molecule has 1 aliphatic rings. The summed E-state index contributed by atoms with van der Waals surface area (Å²) in [7, 11) is 5.73. The van der Waals surface area contributed by atoms with Gasteiger partial charge in [-0.3, -0.25) is 14.6 Å². The van der Waals surface area contributed by atoms with Crippen LogP contribution in [0.2, 0.25) is 0 Å². The number of hydrogen-bond acceptors (Lipinski definition) is 6. The second-order valence-corrected chi connectivity index (χ2v) is 8.80. The summed E-state index contributed by atoms with van der Waals surface area (Å²) >= 11 is 0. The second kappa shape index (κ2) is 10.9. The number of carbonyl (C=O) groups excluding carboxylic acids is 2. The summed E-state index contributed by atoms with van der Waals surface area (Å²) in [6.07, 6.45) is 1.76. The summed E-state index contributed by atoms with van der Waals surface area (Å²) in [5.41, 5.74) is 5.17. The second-order valence-electron chi connectivity index (χ2n) is 8.80. The van der Waals surface area contributed by atoms with Gasteiger partial charge in [0.05, 0.1) is 32.4 Å². The van der Waals surface area contributed by atoms with E-state index in [4.69, 9.17) is 4.74 Å². The van der Waals surface area contributed by atoms with Gasteiger partial charge < -0.3 is 24.8 Å². The maximum Gasteiger partial charge on any atom is 0.242 e. The molecule has 2 amide bonds. The SMILES string of the molecule is COc1cccc(CN(Cc2cccc(N(C)C)c2)c2ccnc(CN3CC(=O)NCC3=O)c2)c1. The van der Waals surface area contributed by atoms with E-state index in [-0.39, 0.29) is 24.9 Å². The number of carbonyl (C=O) groups is 2. The molecule has 0 atom stereocenters. The molecule has 2 heterocycles. The van der Waals surface area contributed by atoms with E-state index in [1.807, 2.05) is 44.4 Å². The van der Waals surface area contributed by atoms with E-state index >= 15 is 0 Å². The van der Waals surface area contributed by atoms with Crippen molar-refractivity contribution in [1.82, 2.24) is 15.2 Å². The first kappa shape index (κ1) is 24.1. The molecular weight excluding hydrogens is 442 g/mol. The Balaban J connectivity index is 1.62.